The van der Waals surface area contributed by atoms with Gasteiger partial charge in [-0.25, -0.2) is 47.6 Å². The van der Waals surface area contributed by atoms with Crippen LogP contribution in [-0.4, -0.2) is 100.0 Å². The molecule has 0 saturated carbocycles. The van der Waals surface area contributed by atoms with E-state index in [9.17, 15) is 68.1 Å². The highest BCUT2D eigenvalue weighted by Crippen LogP contribution is 2.35. The number of rotatable bonds is 10. The molecule has 0 radical (unpaired) electrons. The van der Waals surface area contributed by atoms with Gasteiger partial charge in [0.1, 0.15) is 30.5 Å². The zero-order valence-electron chi connectivity index (χ0n) is 31.2. The zero-order valence-corrected chi connectivity index (χ0v) is 32.8. The molecule has 2 aliphatic heterocycles. The third-order valence-corrected chi connectivity index (χ3v) is 10.4. The smallest absolute Gasteiger partial charge is 0.337 e. The fraction of sp³-hybridized carbons (Fsp3) is 0.471. The van der Waals surface area contributed by atoms with Crippen molar-refractivity contribution in [1.82, 2.24) is 20.4 Å². The van der Waals surface area contributed by atoms with Gasteiger partial charge in [-0.15, -0.1) is 11.8 Å². The third kappa shape index (κ3) is 12.3. The van der Waals surface area contributed by atoms with Crippen LogP contribution in [0.1, 0.15) is 38.8 Å². The van der Waals surface area contributed by atoms with Crippen molar-refractivity contribution in [2.75, 3.05) is 47.5 Å². The van der Waals surface area contributed by atoms with Crippen molar-refractivity contribution >= 4 is 69.9 Å². The zero-order chi connectivity index (χ0) is 43.3. The average molecular weight is 859 g/mol. The van der Waals surface area contributed by atoms with Gasteiger partial charge in [-0.3, -0.25) is 13.8 Å². The van der Waals surface area contributed by atoms with Crippen molar-refractivity contribution in [3.8, 4) is 0 Å². The highest BCUT2D eigenvalue weighted by Gasteiger charge is 2.44. The molecule has 13 nitrogen and oxygen atoms in total. The Morgan fingerprint density at radius 1 is 0.719 bits per heavy atom. The molecule has 1 unspecified atom stereocenters. The molecule has 10 amide bonds. The van der Waals surface area contributed by atoms with Crippen LogP contribution in [0.15, 0.2) is 34.1 Å². The van der Waals surface area contributed by atoms with E-state index in [1.165, 1.54) is 13.8 Å². The van der Waals surface area contributed by atoms with E-state index in [1.807, 2.05) is 27.7 Å². The fourth-order valence-electron chi connectivity index (χ4n) is 4.98. The maximum Gasteiger partial charge on any atom is 0.400 e. The van der Waals surface area contributed by atoms with E-state index in [0.717, 1.165) is 24.3 Å². The van der Waals surface area contributed by atoms with Crippen LogP contribution in [0.5, 0.6) is 0 Å². The Labute approximate surface area is 327 Å². The first-order valence-corrected chi connectivity index (χ1v) is 19.1. The van der Waals surface area contributed by atoms with Crippen LogP contribution in [0.3, 0.4) is 0 Å². The maximum atomic E-state index is 14.4. The Hall–Kier alpha value is -4.80. The maximum absolute atomic E-state index is 14.4. The number of anilines is 2. The number of aryl methyl sites for hydroxylation is 2. The molecule has 2 heterocycles. The molecule has 0 aromatic heterocycles. The lowest BCUT2D eigenvalue weighted by Gasteiger charge is -2.19. The van der Waals surface area contributed by atoms with Crippen LogP contribution in [-0.2, 0) is 20.4 Å². The van der Waals surface area contributed by atoms with Crippen molar-refractivity contribution in [3.05, 3.63) is 47.0 Å². The molecule has 0 bridgehead atoms. The van der Waals surface area contributed by atoms with E-state index in [1.54, 1.807) is 0 Å². The van der Waals surface area contributed by atoms with Crippen LogP contribution in [0.4, 0.5) is 65.7 Å². The van der Waals surface area contributed by atoms with Crippen molar-refractivity contribution in [2.24, 2.45) is 11.8 Å². The molecule has 0 spiro atoms. The van der Waals surface area contributed by atoms with Gasteiger partial charge >= 0.3 is 36.5 Å². The summed E-state index contributed by atoms with van der Waals surface area (Å²) in [5.41, 5.74) is -0.930. The number of hydrogen-bond acceptors (Lipinski definition) is 8. The molecule has 4 rings (SSSR count). The van der Waals surface area contributed by atoms with Crippen molar-refractivity contribution in [1.29, 1.82) is 0 Å². The van der Waals surface area contributed by atoms with Gasteiger partial charge in [0.2, 0.25) is 0 Å². The second kappa shape index (κ2) is 18.6. The number of hydrogen-bond donors (Lipinski definition) is 2. The average Bonchev–Trinajstić information content (AvgIpc) is 3.54. The summed E-state index contributed by atoms with van der Waals surface area (Å²) in [6.07, 6.45) is -9.16. The van der Waals surface area contributed by atoms with E-state index in [-0.39, 0.29) is 45.8 Å². The Kier molecular flexibility index (Phi) is 15.2. The minimum absolute atomic E-state index is 0.0283. The van der Waals surface area contributed by atoms with E-state index in [2.05, 4.69) is 10.6 Å². The number of carbonyl (C=O) groups is 6. The van der Waals surface area contributed by atoms with Gasteiger partial charge in [-0.2, -0.15) is 26.3 Å². The summed E-state index contributed by atoms with van der Waals surface area (Å²) in [5.74, 6) is -6.49. The standard InChI is InChI=1S/C17H19F4N3O4S.C17H19F4N3O3S/c1-9(2)6-22-15(26)23-7-14(25)24(16(23)27)12-5-13(10(3)4-11(12)18)29(28)8-17(19,20)21;1-9(2)6-22-15(26)23-7-14(25)24(16(23)27)12-5-13(10(3)4-11(12)18)28-8-17(19,20)21/h4-5,9H,6-8H2,1-3H3,(H,22,26);4-5,9H,6-8H2,1-3H3,(H,22,26). The highest BCUT2D eigenvalue weighted by atomic mass is 32.2. The predicted octanol–water partition coefficient (Wildman–Crippen LogP) is 6.86. The Balaban J connectivity index is 0.000000306. The van der Waals surface area contributed by atoms with Gasteiger partial charge in [-0.1, -0.05) is 27.7 Å². The molecule has 57 heavy (non-hydrogen) atoms. The molecule has 2 saturated heterocycles. The van der Waals surface area contributed by atoms with E-state index < -0.39 is 107 Å². The first-order valence-electron chi connectivity index (χ1n) is 16.8. The third-order valence-electron chi connectivity index (χ3n) is 7.65. The Morgan fingerprint density at radius 3 is 1.54 bits per heavy atom. The summed E-state index contributed by atoms with van der Waals surface area (Å²) in [5, 5.41) is 4.93. The van der Waals surface area contributed by atoms with E-state index in [0.29, 0.717) is 31.4 Å². The number of nitrogens with one attached hydrogen (secondary N) is 2. The second-order valence-electron chi connectivity index (χ2n) is 13.5. The summed E-state index contributed by atoms with van der Waals surface area (Å²) in [7, 11) is -2.57. The molecular formula is C34H38F8N6O7S2. The van der Waals surface area contributed by atoms with Crippen LogP contribution < -0.4 is 20.4 Å². The number of nitrogens with zero attached hydrogens (tertiary/aromatic N) is 4. The van der Waals surface area contributed by atoms with Crippen molar-refractivity contribution in [3.63, 3.8) is 0 Å². The van der Waals surface area contributed by atoms with Gasteiger partial charge in [0.15, 0.2) is 0 Å². The number of amides is 10. The number of thioether (sulfide) groups is 1. The van der Waals surface area contributed by atoms with Crippen molar-refractivity contribution < 1.29 is 68.1 Å². The molecule has 0 aliphatic carbocycles. The van der Waals surface area contributed by atoms with Gasteiger partial charge in [0, 0.05) is 22.9 Å². The predicted molar refractivity (Wildman–Crippen MR) is 192 cm³/mol. The topological polar surface area (TPSA) is 157 Å². The minimum Gasteiger partial charge on any atom is -0.337 e. The molecule has 2 aliphatic rings. The summed E-state index contributed by atoms with van der Waals surface area (Å²) in [6, 6.07) is -0.310. The number of halogens is 8. The lowest BCUT2D eigenvalue weighted by molar-refractivity contribution is -0.117. The normalized spacial score (nSPS) is 15.5. The Bertz CT molecular complexity index is 1940. The molecule has 2 N–H and O–H groups in total. The molecule has 2 aromatic rings. The number of urea groups is 4. The Morgan fingerprint density at radius 2 is 1.14 bits per heavy atom. The number of alkyl halides is 6. The summed E-state index contributed by atoms with van der Waals surface area (Å²) >= 11 is 0.423. The molecular weight excluding hydrogens is 821 g/mol. The van der Waals surface area contributed by atoms with Gasteiger partial charge in [0.05, 0.1) is 27.9 Å². The molecule has 2 fully saturated rings. The first-order chi connectivity index (χ1) is 26.2. The van der Waals surface area contributed by atoms with Crippen molar-refractivity contribution in [2.45, 2.75) is 63.7 Å². The SMILES string of the molecule is Cc1cc(F)c(N2C(=O)CN(C(=O)NCC(C)C)C2=O)cc1S(=O)CC(F)(F)F.Cc1cc(F)c(N2C(=O)CN(C(=O)NCC(C)C)C2=O)cc1SCC(F)(F)F. The van der Waals surface area contributed by atoms with Crippen LogP contribution in [0.2, 0.25) is 0 Å². The monoisotopic (exact) mass is 858 g/mol. The van der Waals surface area contributed by atoms with E-state index in [4.69, 9.17) is 0 Å². The van der Waals surface area contributed by atoms with Gasteiger partial charge < -0.3 is 10.6 Å². The summed E-state index contributed by atoms with van der Waals surface area (Å²) < 4.78 is 116. The van der Waals surface area contributed by atoms with Gasteiger partial charge in [-0.05, 0) is 61.1 Å². The molecule has 2 aromatic carbocycles. The number of carbonyl (C=O) groups excluding carboxylic acids is 6. The van der Waals surface area contributed by atoms with Crippen LogP contribution >= 0.6 is 11.8 Å². The number of imide groups is 4. The van der Waals surface area contributed by atoms with Crippen LogP contribution in [0.25, 0.3) is 0 Å². The second-order valence-corrected chi connectivity index (χ2v) is 15.9. The first kappa shape index (κ1) is 46.6. The van der Waals surface area contributed by atoms with E-state index >= 15 is 0 Å². The fourth-order valence-corrected chi connectivity index (χ4v) is 6.90. The lowest BCUT2D eigenvalue weighted by Crippen LogP contribution is -2.44. The van der Waals surface area contributed by atoms with Gasteiger partial charge in [0.25, 0.3) is 11.8 Å². The summed E-state index contributed by atoms with van der Waals surface area (Å²) in [6.45, 7) is 9.25. The minimum atomic E-state index is -4.73. The molecule has 1 atom stereocenters. The lowest BCUT2D eigenvalue weighted by atomic mass is 10.2. The molecule has 314 valence electrons. The number of benzene rings is 2. The summed E-state index contributed by atoms with van der Waals surface area (Å²) in [4.78, 5) is 75.4. The highest BCUT2D eigenvalue weighted by molar-refractivity contribution is 7.99. The quantitative estimate of drug-likeness (QED) is 0.149. The van der Waals surface area contributed by atoms with Crippen LogP contribution in [0, 0.1) is 37.3 Å². The molecule has 23 heteroatoms. The largest absolute Gasteiger partial charge is 0.400 e.